The van der Waals surface area contributed by atoms with Crippen LogP contribution in [-0.2, 0) is 15.0 Å². The second kappa shape index (κ2) is 5.38. The van der Waals surface area contributed by atoms with E-state index >= 15 is 0 Å². The van der Waals surface area contributed by atoms with Crippen molar-refractivity contribution in [2.75, 3.05) is 19.6 Å². The van der Waals surface area contributed by atoms with Gasteiger partial charge in [0.15, 0.2) is 0 Å². The lowest BCUT2D eigenvalue weighted by atomic mass is 9.94. The van der Waals surface area contributed by atoms with Gasteiger partial charge in [-0.25, -0.2) is 0 Å². The lowest BCUT2D eigenvalue weighted by Gasteiger charge is -2.29. The molecule has 1 saturated carbocycles. The topological polar surface area (TPSA) is 77.9 Å². The Morgan fingerprint density at radius 1 is 1.32 bits per heavy atom. The number of nitrogens with zero attached hydrogens (tertiary/aromatic N) is 2. The van der Waals surface area contributed by atoms with Crippen LogP contribution in [0.4, 0.5) is 0 Å². The van der Waals surface area contributed by atoms with Crippen LogP contribution in [0, 0.1) is 11.8 Å². The SMILES string of the molecule is CCN(CC)S(=O)(=O)N1CC2CCCC2C1C(=O)O. The second-order valence-corrected chi connectivity index (χ2v) is 7.18. The minimum absolute atomic E-state index is 0.0113. The molecule has 6 nitrogen and oxygen atoms in total. The van der Waals surface area contributed by atoms with E-state index in [4.69, 9.17) is 0 Å². The number of fused-ring (bicyclic) bond motifs is 1. The van der Waals surface area contributed by atoms with Crippen molar-refractivity contribution in [2.24, 2.45) is 11.8 Å². The molecule has 1 saturated heterocycles. The van der Waals surface area contributed by atoms with Crippen molar-refractivity contribution in [3.63, 3.8) is 0 Å². The summed E-state index contributed by atoms with van der Waals surface area (Å²) in [6, 6.07) is -0.877. The van der Waals surface area contributed by atoms with Crippen LogP contribution in [-0.4, -0.2) is 53.8 Å². The molecule has 0 bridgehead atoms. The van der Waals surface area contributed by atoms with Gasteiger partial charge < -0.3 is 5.11 Å². The molecule has 3 atom stereocenters. The van der Waals surface area contributed by atoms with Gasteiger partial charge in [-0.3, -0.25) is 4.79 Å². The maximum Gasteiger partial charge on any atom is 0.322 e. The van der Waals surface area contributed by atoms with Gasteiger partial charge in [-0.15, -0.1) is 0 Å². The first-order valence-corrected chi connectivity index (χ1v) is 8.32. The van der Waals surface area contributed by atoms with Crippen LogP contribution in [0.2, 0.25) is 0 Å². The van der Waals surface area contributed by atoms with E-state index in [0.29, 0.717) is 19.6 Å². The van der Waals surface area contributed by atoms with Gasteiger partial charge >= 0.3 is 5.97 Å². The van der Waals surface area contributed by atoms with Crippen LogP contribution in [0.15, 0.2) is 0 Å². The zero-order chi connectivity index (χ0) is 14.2. The first-order chi connectivity index (χ1) is 8.93. The molecular formula is C12H22N2O4S. The lowest BCUT2D eigenvalue weighted by Crippen LogP contribution is -2.49. The van der Waals surface area contributed by atoms with Crippen molar-refractivity contribution in [2.45, 2.75) is 39.2 Å². The largest absolute Gasteiger partial charge is 0.480 e. The van der Waals surface area contributed by atoms with Crippen LogP contribution in [0.3, 0.4) is 0 Å². The Morgan fingerprint density at radius 3 is 2.47 bits per heavy atom. The summed E-state index contributed by atoms with van der Waals surface area (Å²) in [5.41, 5.74) is 0. The first-order valence-electron chi connectivity index (χ1n) is 6.93. The maximum absolute atomic E-state index is 12.5. The third-order valence-electron chi connectivity index (χ3n) is 4.43. The molecule has 0 amide bonds. The fourth-order valence-corrected chi connectivity index (χ4v) is 5.37. The molecule has 7 heteroatoms. The third-order valence-corrected chi connectivity index (χ3v) is 6.57. The summed E-state index contributed by atoms with van der Waals surface area (Å²) in [4.78, 5) is 11.5. The van der Waals surface area contributed by atoms with E-state index in [9.17, 15) is 18.3 Å². The van der Waals surface area contributed by atoms with Gasteiger partial charge in [0.05, 0.1) is 0 Å². The smallest absolute Gasteiger partial charge is 0.322 e. The van der Waals surface area contributed by atoms with E-state index in [-0.39, 0.29) is 11.8 Å². The van der Waals surface area contributed by atoms with E-state index in [1.54, 1.807) is 13.8 Å². The summed E-state index contributed by atoms with van der Waals surface area (Å²) >= 11 is 0. The number of rotatable bonds is 5. The molecule has 1 heterocycles. The molecule has 0 aromatic carbocycles. The van der Waals surface area contributed by atoms with Gasteiger partial charge in [-0.1, -0.05) is 20.3 Å². The molecule has 1 aliphatic heterocycles. The monoisotopic (exact) mass is 290 g/mol. The third kappa shape index (κ3) is 2.39. The number of carboxylic acid groups (broad SMARTS) is 1. The molecule has 3 unspecified atom stereocenters. The minimum Gasteiger partial charge on any atom is -0.480 e. The maximum atomic E-state index is 12.5. The van der Waals surface area contributed by atoms with E-state index in [2.05, 4.69) is 0 Å². The molecule has 0 spiro atoms. The van der Waals surface area contributed by atoms with Crippen molar-refractivity contribution < 1.29 is 18.3 Å². The van der Waals surface area contributed by atoms with Crippen molar-refractivity contribution in [3.05, 3.63) is 0 Å². The Kier molecular flexibility index (Phi) is 4.17. The molecular weight excluding hydrogens is 268 g/mol. The minimum atomic E-state index is -3.65. The second-order valence-electron chi connectivity index (χ2n) is 5.30. The molecule has 2 aliphatic rings. The van der Waals surface area contributed by atoms with Crippen LogP contribution < -0.4 is 0 Å². The Bertz CT molecular complexity index is 447. The Morgan fingerprint density at radius 2 is 1.95 bits per heavy atom. The van der Waals surface area contributed by atoms with Crippen LogP contribution >= 0.6 is 0 Å². The highest BCUT2D eigenvalue weighted by Crippen LogP contribution is 2.43. The summed E-state index contributed by atoms with van der Waals surface area (Å²) in [6.07, 6.45) is 2.78. The van der Waals surface area contributed by atoms with Crippen molar-refractivity contribution in [1.82, 2.24) is 8.61 Å². The van der Waals surface area contributed by atoms with Crippen molar-refractivity contribution >= 4 is 16.2 Å². The first kappa shape index (κ1) is 14.7. The number of carbonyl (C=O) groups is 1. The average molecular weight is 290 g/mol. The van der Waals surface area contributed by atoms with Gasteiger partial charge in [0.1, 0.15) is 6.04 Å². The number of hydrogen-bond donors (Lipinski definition) is 1. The summed E-state index contributed by atoms with van der Waals surface area (Å²) in [5.74, 6) is -0.806. The van der Waals surface area contributed by atoms with Crippen molar-refractivity contribution in [3.8, 4) is 0 Å². The zero-order valence-electron chi connectivity index (χ0n) is 11.4. The molecule has 110 valence electrons. The predicted molar refractivity (Wildman–Crippen MR) is 70.8 cm³/mol. The normalized spacial score (nSPS) is 31.8. The Balaban J connectivity index is 2.31. The molecule has 2 fully saturated rings. The van der Waals surface area contributed by atoms with E-state index in [1.807, 2.05) is 0 Å². The predicted octanol–water partition coefficient (Wildman–Crippen LogP) is 0.758. The Hall–Kier alpha value is -0.660. The summed E-state index contributed by atoms with van der Waals surface area (Å²) in [5, 5.41) is 9.40. The van der Waals surface area contributed by atoms with E-state index < -0.39 is 22.2 Å². The zero-order valence-corrected chi connectivity index (χ0v) is 12.3. The number of aliphatic carboxylic acids is 1. The molecule has 0 radical (unpaired) electrons. The number of carboxylic acids is 1. The summed E-state index contributed by atoms with van der Waals surface area (Å²) in [6.45, 7) is 4.65. The van der Waals surface area contributed by atoms with Crippen LogP contribution in [0.5, 0.6) is 0 Å². The van der Waals surface area contributed by atoms with Crippen molar-refractivity contribution in [1.29, 1.82) is 0 Å². The molecule has 0 aromatic rings. The fraction of sp³-hybridized carbons (Fsp3) is 0.917. The van der Waals surface area contributed by atoms with Gasteiger partial charge in [-0.2, -0.15) is 17.0 Å². The molecule has 0 aromatic heterocycles. The fourth-order valence-electron chi connectivity index (χ4n) is 3.51. The molecule has 19 heavy (non-hydrogen) atoms. The van der Waals surface area contributed by atoms with Gasteiger partial charge in [0, 0.05) is 19.6 Å². The van der Waals surface area contributed by atoms with Gasteiger partial charge in [-0.05, 0) is 24.7 Å². The Labute approximate surface area is 114 Å². The standard InChI is InChI=1S/C12H22N2O4S/c1-3-13(4-2)19(17,18)14-8-9-6-5-7-10(9)11(14)12(15)16/h9-11H,3-8H2,1-2H3,(H,15,16). The van der Waals surface area contributed by atoms with E-state index in [1.165, 1.54) is 8.61 Å². The average Bonchev–Trinajstić information content (AvgIpc) is 2.88. The summed E-state index contributed by atoms with van der Waals surface area (Å²) in [7, 11) is -3.65. The lowest BCUT2D eigenvalue weighted by molar-refractivity contribution is -0.142. The van der Waals surface area contributed by atoms with Gasteiger partial charge in [0.25, 0.3) is 10.2 Å². The van der Waals surface area contributed by atoms with Gasteiger partial charge in [0.2, 0.25) is 0 Å². The highest BCUT2D eigenvalue weighted by Gasteiger charge is 2.52. The van der Waals surface area contributed by atoms with Crippen LogP contribution in [0.25, 0.3) is 0 Å². The van der Waals surface area contributed by atoms with Crippen LogP contribution in [0.1, 0.15) is 33.1 Å². The quantitative estimate of drug-likeness (QED) is 0.811. The highest BCUT2D eigenvalue weighted by atomic mass is 32.2. The summed E-state index contributed by atoms with van der Waals surface area (Å²) < 4.78 is 27.6. The molecule has 1 N–H and O–H groups in total. The number of hydrogen-bond acceptors (Lipinski definition) is 3. The van der Waals surface area contributed by atoms with E-state index in [0.717, 1.165) is 19.3 Å². The molecule has 1 aliphatic carbocycles. The highest BCUT2D eigenvalue weighted by molar-refractivity contribution is 7.86. The molecule has 2 rings (SSSR count).